The van der Waals surface area contributed by atoms with E-state index in [0.717, 1.165) is 18.5 Å². The smallest absolute Gasteiger partial charge is 0.416 e. The molecule has 0 bridgehead atoms. The molecule has 0 saturated carbocycles. The first-order chi connectivity index (χ1) is 8.47. The highest BCUT2D eigenvalue weighted by Crippen LogP contribution is 2.33. The van der Waals surface area contributed by atoms with Gasteiger partial charge in [0.2, 0.25) is 5.58 Å². The number of aromatic amines is 1. The van der Waals surface area contributed by atoms with E-state index in [1.165, 1.54) is 6.07 Å². The number of nitrogens with zero attached hydrogens (tertiary/aromatic N) is 1. The first-order valence-electron chi connectivity index (χ1n) is 4.94. The number of hydrogen-bond donors (Lipinski definition) is 1. The minimum Gasteiger partial charge on any atom is -0.449 e. The van der Waals surface area contributed by atoms with Gasteiger partial charge in [-0.3, -0.25) is 4.79 Å². The summed E-state index contributed by atoms with van der Waals surface area (Å²) in [6.07, 6.45) is -3.32. The highest BCUT2D eigenvalue weighted by molar-refractivity contribution is 6.02. The van der Waals surface area contributed by atoms with Gasteiger partial charge in [0.15, 0.2) is 0 Å². The van der Waals surface area contributed by atoms with Crippen molar-refractivity contribution in [3.63, 3.8) is 0 Å². The van der Waals surface area contributed by atoms with Gasteiger partial charge in [-0.2, -0.15) is 13.2 Å². The van der Waals surface area contributed by atoms with Crippen LogP contribution in [0.15, 0.2) is 33.7 Å². The standard InChI is InChI=1S/C11H5F3N2O2/c12-11(13,14)5-1-2-7-6(3-5)8-9(18-7)10(17)16-4-15-8/h1-4H,(H,15,16,17). The average Bonchev–Trinajstić information content (AvgIpc) is 2.67. The largest absolute Gasteiger partial charge is 0.449 e. The molecule has 3 aromatic rings. The van der Waals surface area contributed by atoms with E-state index in [0.29, 0.717) is 0 Å². The van der Waals surface area contributed by atoms with Crippen LogP contribution in [0.3, 0.4) is 0 Å². The van der Waals surface area contributed by atoms with E-state index in [2.05, 4.69) is 9.97 Å². The first-order valence-corrected chi connectivity index (χ1v) is 4.94. The van der Waals surface area contributed by atoms with Crippen LogP contribution in [0.4, 0.5) is 13.2 Å². The topological polar surface area (TPSA) is 58.9 Å². The molecule has 92 valence electrons. The zero-order valence-corrected chi connectivity index (χ0v) is 8.71. The van der Waals surface area contributed by atoms with Gasteiger partial charge in [0.05, 0.1) is 11.9 Å². The normalized spacial score (nSPS) is 12.4. The van der Waals surface area contributed by atoms with Crippen LogP contribution < -0.4 is 5.56 Å². The molecule has 7 heteroatoms. The van der Waals surface area contributed by atoms with Crippen LogP contribution in [0, 0.1) is 0 Å². The summed E-state index contributed by atoms with van der Waals surface area (Å²) in [6.45, 7) is 0. The molecule has 2 heterocycles. The zero-order chi connectivity index (χ0) is 12.9. The lowest BCUT2D eigenvalue weighted by Gasteiger charge is -2.05. The van der Waals surface area contributed by atoms with E-state index in [1.807, 2.05) is 0 Å². The molecule has 0 atom stereocenters. The van der Waals surface area contributed by atoms with Crippen LogP contribution in [0.25, 0.3) is 22.1 Å². The van der Waals surface area contributed by atoms with Gasteiger partial charge in [-0.1, -0.05) is 0 Å². The fourth-order valence-corrected chi connectivity index (χ4v) is 1.76. The Labute approximate surface area is 97.1 Å². The third-order valence-electron chi connectivity index (χ3n) is 2.58. The fraction of sp³-hybridized carbons (Fsp3) is 0.0909. The molecule has 1 aromatic carbocycles. The van der Waals surface area contributed by atoms with E-state index < -0.39 is 17.3 Å². The van der Waals surface area contributed by atoms with Crippen LogP contribution in [0.5, 0.6) is 0 Å². The van der Waals surface area contributed by atoms with E-state index in [-0.39, 0.29) is 22.1 Å². The number of halogens is 3. The SMILES string of the molecule is O=c1[nH]cnc2c1oc1ccc(C(F)(F)F)cc12. The Morgan fingerprint density at radius 3 is 2.78 bits per heavy atom. The Bertz CT molecular complexity index is 801. The number of aromatic nitrogens is 2. The lowest BCUT2D eigenvalue weighted by atomic mass is 10.1. The van der Waals surface area contributed by atoms with Gasteiger partial charge in [-0.25, -0.2) is 4.98 Å². The third kappa shape index (κ3) is 1.47. The summed E-state index contributed by atoms with van der Waals surface area (Å²) >= 11 is 0. The van der Waals surface area contributed by atoms with Crippen molar-refractivity contribution >= 4 is 22.1 Å². The van der Waals surface area contributed by atoms with Crippen molar-refractivity contribution in [2.24, 2.45) is 0 Å². The molecule has 0 aliphatic rings. The molecule has 18 heavy (non-hydrogen) atoms. The van der Waals surface area contributed by atoms with Crippen LogP contribution >= 0.6 is 0 Å². The van der Waals surface area contributed by atoms with Crippen molar-refractivity contribution < 1.29 is 17.6 Å². The van der Waals surface area contributed by atoms with Crippen molar-refractivity contribution in [1.29, 1.82) is 0 Å². The molecule has 1 N–H and O–H groups in total. The second kappa shape index (κ2) is 3.34. The van der Waals surface area contributed by atoms with Crippen molar-refractivity contribution in [3.05, 3.63) is 40.4 Å². The van der Waals surface area contributed by atoms with Gasteiger partial charge in [0.1, 0.15) is 11.1 Å². The monoisotopic (exact) mass is 254 g/mol. The molecule has 0 fully saturated rings. The van der Waals surface area contributed by atoms with Crippen molar-refractivity contribution in [2.45, 2.75) is 6.18 Å². The van der Waals surface area contributed by atoms with Gasteiger partial charge in [-0.05, 0) is 18.2 Å². The molecule has 0 amide bonds. The lowest BCUT2D eigenvalue weighted by molar-refractivity contribution is -0.137. The first kappa shape index (κ1) is 10.8. The van der Waals surface area contributed by atoms with Gasteiger partial charge < -0.3 is 9.40 Å². The number of furan rings is 1. The molecular weight excluding hydrogens is 249 g/mol. The Kier molecular flexibility index (Phi) is 2.01. The molecule has 0 spiro atoms. The number of nitrogens with one attached hydrogen (secondary N) is 1. The maximum absolute atomic E-state index is 12.6. The fourth-order valence-electron chi connectivity index (χ4n) is 1.76. The lowest BCUT2D eigenvalue weighted by Crippen LogP contribution is -2.04. The molecule has 0 aliphatic carbocycles. The van der Waals surface area contributed by atoms with Gasteiger partial charge in [0.25, 0.3) is 5.56 Å². The molecule has 0 saturated heterocycles. The molecule has 0 aliphatic heterocycles. The second-order valence-corrected chi connectivity index (χ2v) is 3.72. The maximum Gasteiger partial charge on any atom is 0.416 e. The summed E-state index contributed by atoms with van der Waals surface area (Å²) < 4.78 is 42.9. The molecular formula is C11H5F3N2O2. The minimum absolute atomic E-state index is 0.0770. The van der Waals surface area contributed by atoms with Gasteiger partial charge in [-0.15, -0.1) is 0 Å². The number of hydrogen-bond acceptors (Lipinski definition) is 3. The Hall–Kier alpha value is -2.31. The number of rotatable bonds is 0. The Morgan fingerprint density at radius 1 is 1.28 bits per heavy atom. The van der Waals surface area contributed by atoms with Gasteiger partial charge in [0, 0.05) is 5.39 Å². The molecule has 2 aromatic heterocycles. The quantitative estimate of drug-likeness (QED) is 0.671. The third-order valence-corrected chi connectivity index (χ3v) is 2.58. The zero-order valence-electron chi connectivity index (χ0n) is 8.71. The van der Waals surface area contributed by atoms with Crippen molar-refractivity contribution in [1.82, 2.24) is 9.97 Å². The van der Waals surface area contributed by atoms with Crippen LogP contribution in [0.2, 0.25) is 0 Å². The molecule has 0 radical (unpaired) electrons. The predicted octanol–water partition coefficient (Wildman–Crippen LogP) is 2.69. The second-order valence-electron chi connectivity index (χ2n) is 3.72. The van der Waals surface area contributed by atoms with Gasteiger partial charge >= 0.3 is 6.18 Å². The molecule has 3 rings (SSSR count). The van der Waals surface area contributed by atoms with E-state index in [1.54, 1.807) is 0 Å². The minimum atomic E-state index is -4.45. The summed E-state index contributed by atoms with van der Waals surface area (Å²) in [4.78, 5) is 17.6. The number of H-pyrrole nitrogens is 1. The number of fused-ring (bicyclic) bond motifs is 3. The maximum atomic E-state index is 12.6. The number of alkyl halides is 3. The van der Waals surface area contributed by atoms with Crippen molar-refractivity contribution in [2.75, 3.05) is 0 Å². The summed E-state index contributed by atoms with van der Waals surface area (Å²) in [5.74, 6) is 0. The summed E-state index contributed by atoms with van der Waals surface area (Å²) in [7, 11) is 0. The molecule has 4 nitrogen and oxygen atoms in total. The van der Waals surface area contributed by atoms with E-state index in [4.69, 9.17) is 4.42 Å². The van der Waals surface area contributed by atoms with E-state index in [9.17, 15) is 18.0 Å². The molecule has 0 unspecified atom stereocenters. The van der Waals surface area contributed by atoms with Crippen LogP contribution in [-0.2, 0) is 6.18 Å². The summed E-state index contributed by atoms with van der Waals surface area (Å²) in [5, 5.41) is 0.172. The van der Waals surface area contributed by atoms with Crippen LogP contribution in [0.1, 0.15) is 5.56 Å². The Balaban J connectivity index is 2.44. The van der Waals surface area contributed by atoms with E-state index >= 15 is 0 Å². The predicted molar refractivity (Wildman–Crippen MR) is 57.1 cm³/mol. The highest BCUT2D eigenvalue weighted by atomic mass is 19.4. The van der Waals surface area contributed by atoms with Crippen molar-refractivity contribution in [3.8, 4) is 0 Å². The number of benzene rings is 1. The summed E-state index contributed by atoms with van der Waals surface area (Å²) in [5.41, 5.74) is -1.08. The van der Waals surface area contributed by atoms with Crippen LogP contribution in [-0.4, -0.2) is 9.97 Å². The highest BCUT2D eigenvalue weighted by Gasteiger charge is 2.31. The average molecular weight is 254 g/mol. The Morgan fingerprint density at radius 2 is 2.06 bits per heavy atom. The summed E-state index contributed by atoms with van der Waals surface area (Å²) in [6, 6.07) is 3.01.